The van der Waals surface area contributed by atoms with E-state index in [0.29, 0.717) is 11.1 Å². The van der Waals surface area contributed by atoms with E-state index in [1.165, 1.54) is 6.07 Å². The quantitative estimate of drug-likeness (QED) is 0.770. The maximum Gasteiger partial charge on any atom is 0.144 e. The van der Waals surface area contributed by atoms with Crippen molar-refractivity contribution in [3.05, 3.63) is 58.1 Å². The van der Waals surface area contributed by atoms with Gasteiger partial charge in [0.05, 0.1) is 0 Å². The molecule has 0 aliphatic carbocycles. The summed E-state index contributed by atoms with van der Waals surface area (Å²) in [5.74, 6) is -1.68. The fourth-order valence-corrected chi connectivity index (χ4v) is 1.75. The van der Waals surface area contributed by atoms with Gasteiger partial charge in [-0.2, -0.15) is 5.26 Å². The average Bonchev–Trinajstić information content (AvgIpc) is 2.29. The zero-order chi connectivity index (χ0) is 12.4. The van der Waals surface area contributed by atoms with Crippen LogP contribution in [0.5, 0.6) is 0 Å². The molecule has 2 aromatic carbocycles. The smallest absolute Gasteiger partial charge is 0.144 e. The number of halogens is 3. The van der Waals surface area contributed by atoms with Crippen molar-refractivity contribution >= 4 is 15.9 Å². The Hall–Kier alpha value is -1.73. The lowest BCUT2D eigenvalue weighted by atomic mass is 10.0. The molecular weight excluding hydrogens is 288 g/mol. The molecule has 0 amide bonds. The van der Waals surface area contributed by atoms with Crippen LogP contribution in [0.4, 0.5) is 8.78 Å². The minimum Gasteiger partial charge on any atom is -0.205 e. The van der Waals surface area contributed by atoms with Crippen molar-refractivity contribution in [1.29, 1.82) is 5.26 Å². The molecule has 0 saturated heterocycles. The van der Waals surface area contributed by atoms with Crippen LogP contribution in [-0.2, 0) is 0 Å². The summed E-state index contributed by atoms with van der Waals surface area (Å²) < 4.78 is 27.7. The third-order valence-electron chi connectivity index (χ3n) is 2.33. The molecule has 0 radical (unpaired) electrons. The number of hydrogen-bond acceptors (Lipinski definition) is 1. The molecule has 0 aliphatic heterocycles. The second-order valence-corrected chi connectivity index (χ2v) is 4.35. The van der Waals surface area contributed by atoms with Crippen molar-refractivity contribution in [2.24, 2.45) is 0 Å². The topological polar surface area (TPSA) is 23.8 Å². The van der Waals surface area contributed by atoms with Crippen LogP contribution >= 0.6 is 15.9 Å². The van der Waals surface area contributed by atoms with Crippen LogP contribution in [0, 0.1) is 23.0 Å². The third kappa shape index (κ3) is 2.34. The highest BCUT2D eigenvalue weighted by Gasteiger charge is 2.11. The summed E-state index contributed by atoms with van der Waals surface area (Å²) >= 11 is 3.28. The maximum atomic E-state index is 13.4. The maximum absolute atomic E-state index is 13.4. The Morgan fingerprint density at radius 3 is 1.94 bits per heavy atom. The van der Waals surface area contributed by atoms with Crippen molar-refractivity contribution in [1.82, 2.24) is 0 Å². The fraction of sp³-hybridized carbons (Fsp3) is 0. The average molecular weight is 294 g/mol. The monoisotopic (exact) mass is 293 g/mol. The first kappa shape index (κ1) is 11.7. The Bertz CT molecular complexity index is 577. The minimum absolute atomic E-state index is 0.409. The van der Waals surface area contributed by atoms with E-state index in [4.69, 9.17) is 5.26 Å². The zero-order valence-corrected chi connectivity index (χ0v) is 10.1. The molecule has 2 rings (SSSR count). The van der Waals surface area contributed by atoms with Crippen LogP contribution in [-0.4, -0.2) is 0 Å². The van der Waals surface area contributed by atoms with Crippen LogP contribution in [0.25, 0.3) is 11.1 Å². The Morgan fingerprint density at radius 1 is 0.941 bits per heavy atom. The molecule has 84 valence electrons. The predicted molar refractivity (Wildman–Crippen MR) is 64.2 cm³/mol. The number of hydrogen-bond donors (Lipinski definition) is 0. The van der Waals surface area contributed by atoms with Gasteiger partial charge in [-0.25, -0.2) is 8.78 Å². The number of rotatable bonds is 1. The van der Waals surface area contributed by atoms with E-state index in [1.807, 2.05) is 0 Å². The first-order chi connectivity index (χ1) is 8.11. The molecule has 0 heterocycles. The van der Waals surface area contributed by atoms with Crippen molar-refractivity contribution in [3.63, 3.8) is 0 Å². The SMILES string of the molecule is N#Cc1c(F)cc(-c2ccc(Br)cc2)cc1F. The summed E-state index contributed by atoms with van der Waals surface area (Å²) in [7, 11) is 0. The van der Waals surface area contributed by atoms with Gasteiger partial charge in [0.1, 0.15) is 23.3 Å². The summed E-state index contributed by atoms with van der Waals surface area (Å²) in [5.41, 5.74) is 0.549. The molecule has 0 unspecified atom stereocenters. The molecule has 2 aromatic rings. The lowest BCUT2D eigenvalue weighted by Crippen LogP contribution is -1.91. The van der Waals surface area contributed by atoms with E-state index in [9.17, 15) is 8.78 Å². The molecule has 0 bridgehead atoms. The van der Waals surface area contributed by atoms with Gasteiger partial charge in [-0.3, -0.25) is 0 Å². The molecule has 0 N–H and O–H groups in total. The van der Waals surface area contributed by atoms with Crippen LogP contribution in [0.1, 0.15) is 5.56 Å². The Morgan fingerprint density at radius 2 is 1.47 bits per heavy atom. The molecule has 0 aliphatic rings. The number of nitriles is 1. The highest BCUT2D eigenvalue weighted by atomic mass is 79.9. The largest absolute Gasteiger partial charge is 0.205 e. The van der Waals surface area contributed by atoms with Crippen LogP contribution in [0.3, 0.4) is 0 Å². The second-order valence-electron chi connectivity index (χ2n) is 3.43. The van der Waals surface area contributed by atoms with Crippen molar-refractivity contribution < 1.29 is 8.78 Å². The molecule has 0 aromatic heterocycles. The normalized spacial score (nSPS) is 10.0. The van der Waals surface area contributed by atoms with Crippen LogP contribution in [0.15, 0.2) is 40.9 Å². The fourth-order valence-electron chi connectivity index (χ4n) is 1.49. The van der Waals surface area contributed by atoms with E-state index in [1.54, 1.807) is 24.3 Å². The predicted octanol–water partition coefficient (Wildman–Crippen LogP) is 4.27. The summed E-state index contributed by atoms with van der Waals surface area (Å²) in [6.45, 7) is 0. The van der Waals surface area contributed by atoms with Gasteiger partial charge in [0, 0.05) is 4.47 Å². The standard InChI is InChI=1S/C13H6BrF2N/c14-10-3-1-8(2-4-10)9-5-12(15)11(7-17)13(16)6-9/h1-6H. The van der Waals surface area contributed by atoms with E-state index in [-0.39, 0.29) is 0 Å². The highest BCUT2D eigenvalue weighted by molar-refractivity contribution is 9.10. The van der Waals surface area contributed by atoms with E-state index < -0.39 is 17.2 Å². The van der Waals surface area contributed by atoms with E-state index in [0.717, 1.165) is 16.6 Å². The molecule has 1 nitrogen and oxygen atoms in total. The van der Waals surface area contributed by atoms with Gasteiger partial charge in [-0.1, -0.05) is 28.1 Å². The van der Waals surface area contributed by atoms with Crippen LogP contribution in [0.2, 0.25) is 0 Å². The van der Waals surface area contributed by atoms with Crippen LogP contribution < -0.4 is 0 Å². The lowest BCUT2D eigenvalue weighted by Gasteiger charge is -2.04. The van der Waals surface area contributed by atoms with Gasteiger partial charge in [-0.05, 0) is 35.4 Å². The Balaban J connectivity index is 2.55. The Kier molecular flexibility index (Phi) is 3.21. The molecule has 0 atom stereocenters. The van der Waals surface area contributed by atoms with Gasteiger partial charge >= 0.3 is 0 Å². The van der Waals surface area contributed by atoms with Gasteiger partial charge < -0.3 is 0 Å². The lowest BCUT2D eigenvalue weighted by molar-refractivity contribution is 0.577. The summed E-state index contributed by atoms with van der Waals surface area (Å²) in [6.07, 6.45) is 0. The number of nitrogens with zero attached hydrogens (tertiary/aromatic N) is 1. The molecule has 17 heavy (non-hydrogen) atoms. The Labute approximate surface area is 105 Å². The van der Waals surface area contributed by atoms with Crippen molar-refractivity contribution in [2.75, 3.05) is 0 Å². The molecular formula is C13H6BrF2N. The first-order valence-corrected chi connectivity index (χ1v) is 5.56. The van der Waals surface area contributed by atoms with Crippen molar-refractivity contribution in [2.45, 2.75) is 0 Å². The van der Waals surface area contributed by atoms with Gasteiger partial charge in [-0.15, -0.1) is 0 Å². The first-order valence-electron chi connectivity index (χ1n) is 4.77. The molecule has 0 fully saturated rings. The van der Waals surface area contributed by atoms with E-state index >= 15 is 0 Å². The summed E-state index contributed by atoms with van der Waals surface area (Å²) in [6, 6.07) is 10.9. The van der Waals surface area contributed by atoms with Gasteiger partial charge in [0.2, 0.25) is 0 Å². The van der Waals surface area contributed by atoms with Gasteiger partial charge in [0.25, 0.3) is 0 Å². The summed E-state index contributed by atoms with van der Waals surface area (Å²) in [4.78, 5) is 0. The second kappa shape index (κ2) is 4.64. The zero-order valence-electron chi connectivity index (χ0n) is 8.55. The van der Waals surface area contributed by atoms with Crippen molar-refractivity contribution in [3.8, 4) is 17.2 Å². The minimum atomic E-state index is -0.842. The third-order valence-corrected chi connectivity index (χ3v) is 2.86. The van der Waals surface area contributed by atoms with E-state index in [2.05, 4.69) is 15.9 Å². The molecule has 0 spiro atoms. The highest BCUT2D eigenvalue weighted by Crippen LogP contribution is 2.25. The number of benzene rings is 2. The molecule has 0 saturated carbocycles. The van der Waals surface area contributed by atoms with Gasteiger partial charge in [0.15, 0.2) is 0 Å². The molecule has 4 heteroatoms. The summed E-state index contributed by atoms with van der Waals surface area (Å²) in [5, 5.41) is 8.56.